The van der Waals surface area contributed by atoms with Crippen molar-refractivity contribution in [1.29, 1.82) is 0 Å². The number of carbonyl (C=O) groups is 1. The number of aliphatic hydroxyl groups excluding tert-OH is 4. The Balaban J connectivity index is 1.55. The van der Waals surface area contributed by atoms with Gasteiger partial charge in [-0.1, -0.05) is 34.6 Å². The van der Waals surface area contributed by atoms with Crippen LogP contribution in [0.2, 0.25) is 0 Å². The molecule has 32 heavy (non-hydrogen) atoms. The van der Waals surface area contributed by atoms with E-state index in [9.17, 15) is 25.2 Å². The lowest BCUT2D eigenvalue weighted by molar-refractivity contribution is -0.174. The summed E-state index contributed by atoms with van der Waals surface area (Å²) in [7, 11) is 0. The van der Waals surface area contributed by atoms with E-state index in [2.05, 4.69) is 34.6 Å². The van der Waals surface area contributed by atoms with Gasteiger partial charge in [0, 0.05) is 12.3 Å². The Morgan fingerprint density at radius 1 is 0.969 bits per heavy atom. The number of rotatable bonds is 5. The van der Waals surface area contributed by atoms with Gasteiger partial charge in [0.25, 0.3) is 0 Å². The molecule has 0 heterocycles. The van der Waals surface area contributed by atoms with Gasteiger partial charge in [-0.05, 0) is 91.3 Å². The highest BCUT2D eigenvalue weighted by Crippen LogP contribution is 2.67. The average molecular weight is 451 g/mol. The number of hydrogen-bond acceptors (Lipinski definition) is 5. The standard InChI is InChI=1S/C27H46O5/c1-14(2)10-23(30)25(32)15(3)17-6-7-18-16-11-21(28)20-12-22(29)24(31)13-27(20,5)19(16)8-9-26(17,18)4/h14-20,22-25,29-32H,6-13H2,1-5H3/t15-,16?,17+,18?,19?,20?,22-,23+,24+,25+,26+,27+/m0/s1. The van der Waals surface area contributed by atoms with Crippen molar-refractivity contribution in [3.05, 3.63) is 0 Å². The Hall–Kier alpha value is -0.490. The SMILES string of the molecule is CC(C)C[C@@H](O)[C@H](O)[C@@H](C)[C@H]1CCC2C3CC(=O)C4C[C@H](O)[C@H](O)C[C@]4(C)C3CC[C@@]21C. The summed E-state index contributed by atoms with van der Waals surface area (Å²) >= 11 is 0. The lowest BCUT2D eigenvalue weighted by Crippen LogP contribution is -2.59. The number of carbonyl (C=O) groups excluding carboxylic acids is 1. The molecule has 4 aliphatic rings. The van der Waals surface area contributed by atoms with Crippen LogP contribution in [0.3, 0.4) is 0 Å². The topological polar surface area (TPSA) is 98.0 Å². The molecule has 184 valence electrons. The maximum Gasteiger partial charge on any atom is 0.136 e. The number of aliphatic hydroxyl groups is 4. The number of hydrogen-bond donors (Lipinski definition) is 4. The minimum absolute atomic E-state index is 0.0320. The molecule has 0 saturated heterocycles. The van der Waals surface area contributed by atoms with E-state index in [1.165, 1.54) is 0 Å². The molecule has 0 aromatic heterocycles. The van der Waals surface area contributed by atoms with Crippen LogP contribution in [0.1, 0.15) is 86.0 Å². The van der Waals surface area contributed by atoms with Crippen molar-refractivity contribution in [2.75, 3.05) is 0 Å². The Bertz CT molecular complexity index is 708. The molecule has 4 rings (SSSR count). The zero-order valence-electron chi connectivity index (χ0n) is 20.7. The molecule has 4 saturated carbocycles. The molecule has 0 aromatic rings. The van der Waals surface area contributed by atoms with E-state index >= 15 is 0 Å². The van der Waals surface area contributed by atoms with Gasteiger partial charge in [-0.3, -0.25) is 4.79 Å². The fraction of sp³-hybridized carbons (Fsp3) is 0.963. The molecule has 12 atom stereocenters. The van der Waals surface area contributed by atoms with E-state index in [0.29, 0.717) is 55.3 Å². The van der Waals surface area contributed by atoms with Crippen LogP contribution in [0.25, 0.3) is 0 Å². The Labute approximate surface area is 194 Å². The summed E-state index contributed by atoms with van der Waals surface area (Å²) in [5.74, 6) is 2.09. The molecule has 5 heteroatoms. The van der Waals surface area contributed by atoms with E-state index in [4.69, 9.17) is 0 Å². The van der Waals surface area contributed by atoms with Crippen LogP contribution in [0.5, 0.6) is 0 Å². The third-order valence-corrected chi connectivity index (χ3v) is 10.8. The van der Waals surface area contributed by atoms with Crippen molar-refractivity contribution >= 4 is 5.78 Å². The lowest BCUT2D eigenvalue weighted by atomic mass is 9.44. The maximum atomic E-state index is 13.3. The number of fused-ring (bicyclic) bond motifs is 5. The summed E-state index contributed by atoms with van der Waals surface area (Å²) in [6.07, 6.45) is 3.50. The Morgan fingerprint density at radius 3 is 2.28 bits per heavy atom. The third-order valence-electron chi connectivity index (χ3n) is 10.8. The normalized spacial score (nSPS) is 49.2. The van der Waals surface area contributed by atoms with Crippen molar-refractivity contribution in [1.82, 2.24) is 0 Å². The fourth-order valence-corrected chi connectivity index (χ4v) is 9.19. The molecular weight excluding hydrogens is 404 g/mol. The minimum Gasteiger partial charge on any atom is -0.390 e. The van der Waals surface area contributed by atoms with Crippen LogP contribution in [-0.4, -0.2) is 50.6 Å². The first kappa shape index (κ1) is 24.6. The lowest BCUT2D eigenvalue weighted by Gasteiger charge is -2.61. The predicted octanol–water partition coefficient (Wildman–Crippen LogP) is 3.56. The van der Waals surface area contributed by atoms with Crippen LogP contribution < -0.4 is 0 Å². The molecule has 0 amide bonds. The number of ketones is 1. The fourth-order valence-electron chi connectivity index (χ4n) is 9.19. The van der Waals surface area contributed by atoms with Crippen molar-refractivity contribution in [3.63, 3.8) is 0 Å². The van der Waals surface area contributed by atoms with Crippen LogP contribution in [0.15, 0.2) is 0 Å². The molecule has 5 nitrogen and oxygen atoms in total. The average Bonchev–Trinajstić information content (AvgIpc) is 3.06. The Kier molecular flexibility index (Phi) is 6.64. The first-order chi connectivity index (χ1) is 14.9. The van der Waals surface area contributed by atoms with Gasteiger partial charge in [-0.15, -0.1) is 0 Å². The van der Waals surface area contributed by atoms with E-state index in [-0.39, 0.29) is 28.4 Å². The molecule has 0 aliphatic heterocycles. The largest absolute Gasteiger partial charge is 0.390 e. The molecule has 0 bridgehead atoms. The van der Waals surface area contributed by atoms with Crippen molar-refractivity contribution in [2.24, 2.45) is 52.3 Å². The van der Waals surface area contributed by atoms with Gasteiger partial charge in [0.1, 0.15) is 5.78 Å². The van der Waals surface area contributed by atoms with Crippen LogP contribution in [0.4, 0.5) is 0 Å². The zero-order chi connectivity index (χ0) is 23.6. The molecule has 4 fully saturated rings. The first-order valence-electron chi connectivity index (χ1n) is 13.1. The summed E-state index contributed by atoms with van der Waals surface area (Å²) < 4.78 is 0. The summed E-state index contributed by atoms with van der Waals surface area (Å²) in [6.45, 7) is 10.8. The second-order valence-corrected chi connectivity index (χ2v) is 13.0. The van der Waals surface area contributed by atoms with Crippen molar-refractivity contribution in [3.8, 4) is 0 Å². The van der Waals surface area contributed by atoms with Crippen molar-refractivity contribution < 1.29 is 25.2 Å². The van der Waals surface area contributed by atoms with Gasteiger partial charge >= 0.3 is 0 Å². The minimum atomic E-state index is -0.780. The third kappa shape index (κ3) is 3.79. The summed E-state index contributed by atoms with van der Waals surface area (Å²) in [6, 6.07) is 0. The molecule has 0 aromatic carbocycles. The molecule has 0 radical (unpaired) electrons. The maximum absolute atomic E-state index is 13.3. The number of Topliss-reactive ketones (excluding diaryl/α,β-unsaturated/α-hetero) is 1. The highest BCUT2D eigenvalue weighted by molar-refractivity contribution is 5.83. The van der Waals surface area contributed by atoms with Crippen LogP contribution >= 0.6 is 0 Å². The Morgan fingerprint density at radius 2 is 1.62 bits per heavy atom. The molecule has 4 unspecified atom stereocenters. The van der Waals surface area contributed by atoms with E-state index in [0.717, 1.165) is 25.7 Å². The second-order valence-electron chi connectivity index (χ2n) is 13.0. The van der Waals surface area contributed by atoms with Gasteiger partial charge in [-0.2, -0.15) is 0 Å². The van der Waals surface area contributed by atoms with Gasteiger partial charge in [0.15, 0.2) is 0 Å². The molecule has 4 N–H and O–H groups in total. The summed E-state index contributed by atoms with van der Waals surface area (Å²) in [4.78, 5) is 13.3. The smallest absolute Gasteiger partial charge is 0.136 e. The highest BCUT2D eigenvalue weighted by atomic mass is 16.3. The monoisotopic (exact) mass is 450 g/mol. The summed E-state index contributed by atoms with van der Waals surface area (Å²) in [5, 5.41) is 42.3. The second kappa shape index (κ2) is 8.62. The predicted molar refractivity (Wildman–Crippen MR) is 124 cm³/mol. The van der Waals surface area contributed by atoms with E-state index in [1.807, 2.05) is 0 Å². The van der Waals surface area contributed by atoms with Crippen LogP contribution in [0, 0.1) is 52.3 Å². The van der Waals surface area contributed by atoms with E-state index in [1.54, 1.807) is 0 Å². The summed E-state index contributed by atoms with van der Waals surface area (Å²) in [5.41, 5.74) is -0.147. The molecular formula is C27H46O5. The zero-order valence-corrected chi connectivity index (χ0v) is 20.7. The van der Waals surface area contributed by atoms with E-state index < -0.39 is 24.4 Å². The molecule has 4 aliphatic carbocycles. The van der Waals surface area contributed by atoms with Gasteiger partial charge in [-0.25, -0.2) is 0 Å². The molecule has 0 spiro atoms. The quantitative estimate of drug-likeness (QED) is 0.513. The van der Waals surface area contributed by atoms with Crippen molar-refractivity contribution in [2.45, 2.75) is 110 Å². The van der Waals surface area contributed by atoms with Gasteiger partial charge < -0.3 is 20.4 Å². The van der Waals surface area contributed by atoms with Gasteiger partial charge in [0.2, 0.25) is 0 Å². The van der Waals surface area contributed by atoms with Crippen LogP contribution in [-0.2, 0) is 4.79 Å². The first-order valence-corrected chi connectivity index (χ1v) is 13.1. The highest BCUT2D eigenvalue weighted by Gasteiger charge is 2.63. The van der Waals surface area contributed by atoms with Gasteiger partial charge in [0.05, 0.1) is 24.4 Å².